The minimum absolute atomic E-state index is 0.112. The molecule has 0 aliphatic carbocycles. The Labute approximate surface area is 94.4 Å². The van der Waals surface area contributed by atoms with Crippen molar-refractivity contribution in [3.05, 3.63) is 29.6 Å². The fraction of sp³-hybridized carbons (Fsp3) is 0.417. The monoisotopic (exact) mass is 225 g/mol. The van der Waals surface area contributed by atoms with Crippen molar-refractivity contribution in [1.29, 1.82) is 0 Å². The van der Waals surface area contributed by atoms with E-state index in [1.807, 2.05) is 0 Å². The van der Waals surface area contributed by atoms with Crippen molar-refractivity contribution in [3.63, 3.8) is 0 Å². The van der Waals surface area contributed by atoms with Crippen LogP contribution in [0.15, 0.2) is 18.2 Å². The molecule has 0 aliphatic heterocycles. The van der Waals surface area contributed by atoms with E-state index in [-0.39, 0.29) is 11.3 Å². The maximum Gasteiger partial charge on any atom is 0.340 e. The Morgan fingerprint density at radius 2 is 2.19 bits per heavy atom. The highest BCUT2D eigenvalue weighted by molar-refractivity contribution is 5.94. The highest BCUT2D eigenvalue weighted by Crippen LogP contribution is 2.14. The summed E-state index contributed by atoms with van der Waals surface area (Å²) in [7, 11) is 0. The van der Waals surface area contributed by atoms with Gasteiger partial charge in [-0.15, -0.1) is 0 Å². The van der Waals surface area contributed by atoms with E-state index >= 15 is 0 Å². The molecule has 0 unspecified atom stereocenters. The number of benzene rings is 1. The fourth-order valence-electron chi connectivity index (χ4n) is 1.31. The van der Waals surface area contributed by atoms with Crippen molar-refractivity contribution >= 4 is 11.7 Å². The molecule has 3 nitrogen and oxygen atoms in total. The number of ether oxygens (including phenoxy) is 1. The number of hydrogen-bond acceptors (Lipinski definition) is 3. The van der Waals surface area contributed by atoms with E-state index in [0.717, 1.165) is 25.3 Å². The van der Waals surface area contributed by atoms with Gasteiger partial charge in [0.15, 0.2) is 0 Å². The summed E-state index contributed by atoms with van der Waals surface area (Å²) < 4.78 is 17.7. The molecule has 0 saturated heterocycles. The highest BCUT2D eigenvalue weighted by Gasteiger charge is 2.11. The summed E-state index contributed by atoms with van der Waals surface area (Å²) in [6.45, 7) is 2.45. The van der Waals surface area contributed by atoms with E-state index in [9.17, 15) is 9.18 Å². The molecule has 0 fully saturated rings. The standard InChI is InChI=1S/C12H16FNO2/c1-2-3-4-7-16-12(15)10-6-5-9(13)8-11(10)14/h5-6,8H,2-4,7,14H2,1H3. The summed E-state index contributed by atoms with van der Waals surface area (Å²) in [6.07, 6.45) is 2.92. The first-order valence-corrected chi connectivity index (χ1v) is 5.37. The number of anilines is 1. The fourth-order valence-corrected chi connectivity index (χ4v) is 1.31. The molecular formula is C12H16FNO2. The molecule has 2 N–H and O–H groups in total. The highest BCUT2D eigenvalue weighted by atomic mass is 19.1. The summed E-state index contributed by atoms with van der Waals surface area (Å²) in [5, 5.41) is 0. The van der Waals surface area contributed by atoms with Crippen LogP contribution in [0.4, 0.5) is 10.1 Å². The first kappa shape index (κ1) is 12.5. The molecule has 0 aromatic heterocycles. The van der Waals surface area contributed by atoms with Crippen LogP contribution in [0.3, 0.4) is 0 Å². The van der Waals surface area contributed by atoms with E-state index in [1.54, 1.807) is 0 Å². The average Bonchev–Trinajstić information content (AvgIpc) is 2.24. The van der Waals surface area contributed by atoms with Gasteiger partial charge in [-0.05, 0) is 24.6 Å². The summed E-state index contributed by atoms with van der Waals surface area (Å²) in [4.78, 5) is 11.5. The lowest BCUT2D eigenvalue weighted by atomic mass is 10.2. The summed E-state index contributed by atoms with van der Waals surface area (Å²) in [5.41, 5.74) is 5.84. The molecule has 0 saturated carbocycles. The van der Waals surface area contributed by atoms with Crippen molar-refractivity contribution in [2.75, 3.05) is 12.3 Å². The van der Waals surface area contributed by atoms with Crippen LogP contribution in [0.5, 0.6) is 0 Å². The third-order valence-corrected chi connectivity index (χ3v) is 2.21. The van der Waals surface area contributed by atoms with Crippen LogP contribution in [0.2, 0.25) is 0 Å². The number of hydrogen-bond donors (Lipinski definition) is 1. The lowest BCUT2D eigenvalue weighted by molar-refractivity contribution is 0.0499. The maximum atomic E-state index is 12.7. The van der Waals surface area contributed by atoms with Gasteiger partial charge in [0.1, 0.15) is 5.82 Å². The Morgan fingerprint density at radius 1 is 1.44 bits per heavy atom. The van der Waals surface area contributed by atoms with Gasteiger partial charge in [-0.3, -0.25) is 0 Å². The van der Waals surface area contributed by atoms with Gasteiger partial charge in [-0.2, -0.15) is 0 Å². The van der Waals surface area contributed by atoms with Gasteiger partial charge in [0.05, 0.1) is 12.2 Å². The molecule has 1 rings (SSSR count). The van der Waals surface area contributed by atoms with Crippen LogP contribution in [0.25, 0.3) is 0 Å². The number of esters is 1. The molecule has 16 heavy (non-hydrogen) atoms. The van der Waals surface area contributed by atoms with Crippen LogP contribution < -0.4 is 5.73 Å². The Hall–Kier alpha value is -1.58. The molecule has 0 amide bonds. The van der Waals surface area contributed by atoms with Gasteiger partial charge < -0.3 is 10.5 Å². The summed E-state index contributed by atoms with van der Waals surface area (Å²) >= 11 is 0. The second kappa shape index (κ2) is 6.10. The predicted octanol–water partition coefficient (Wildman–Crippen LogP) is 2.75. The number of rotatable bonds is 5. The lowest BCUT2D eigenvalue weighted by Crippen LogP contribution is -2.09. The number of carbonyl (C=O) groups excluding carboxylic acids is 1. The quantitative estimate of drug-likeness (QED) is 0.476. The molecule has 0 aliphatic rings. The van der Waals surface area contributed by atoms with Crippen molar-refractivity contribution in [2.45, 2.75) is 26.2 Å². The Bertz CT molecular complexity index is 366. The SMILES string of the molecule is CCCCCOC(=O)c1ccc(F)cc1N. The first-order valence-electron chi connectivity index (χ1n) is 5.37. The minimum Gasteiger partial charge on any atom is -0.462 e. The normalized spacial score (nSPS) is 10.1. The number of nitrogen functional groups attached to an aromatic ring is 1. The molecule has 1 aromatic carbocycles. The predicted molar refractivity (Wildman–Crippen MR) is 60.6 cm³/mol. The smallest absolute Gasteiger partial charge is 0.340 e. The van der Waals surface area contributed by atoms with Gasteiger partial charge in [0.25, 0.3) is 0 Å². The third kappa shape index (κ3) is 3.53. The van der Waals surface area contributed by atoms with E-state index in [1.165, 1.54) is 12.1 Å². The van der Waals surface area contributed by atoms with Crippen LogP contribution in [-0.2, 0) is 4.74 Å². The molecule has 0 heterocycles. The second-order valence-corrected chi connectivity index (χ2v) is 3.57. The van der Waals surface area contributed by atoms with Crippen molar-refractivity contribution in [3.8, 4) is 0 Å². The average molecular weight is 225 g/mol. The van der Waals surface area contributed by atoms with Crippen LogP contribution in [-0.4, -0.2) is 12.6 Å². The number of nitrogens with two attached hydrogens (primary N) is 1. The first-order chi connectivity index (χ1) is 7.65. The van der Waals surface area contributed by atoms with Crippen molar-refractivity contribution in [2.24, 2.45) is 0 Å². The zero-order valence-corrected chi connectivity index (χ0v) is 9.33. The van der Waals surface area contributed by atoms with Gasteiger partial charge in [-0.1, -0.05) is 19.8 Å². The molecule has 0 spiro atoms. The number of unbranched alkanes of at least 4 members (excludes halogenated alkanes) is 2. The van der Waals surface area contributed by atoms with Crippen LogP contribution in [0.1, 0.15) is 36.5 Å². The molecule has 0 radical (unpaired) electrons. The lowest BCUT2D eigenvalue weighted by Gasteiger charge is -2.06. The van der Waals surface area contributed by atoms with E-state index in [0.29, 0.717) is 6.61 Å². The number of halogens is 1. The Morgan fingerprint density at radius 3 is 2.81 bits per heavy atom. The van der Waals surface area contributed by atoms with Gasteiger partial charge in [-0.25, -0.2) is 9.18 Å². The molecule has 4 heteroatoms. The molecule has 88 valence electrons. The van der Waals surface area contributed by atoms with Crippen molar-refractivity contribution in [1.82, 2.24) is 0 Å². The van der Waals surface area contributed by atoms with Gasteiger partial charge >= 0.3 is 5.97 Å². The molecule has 0 bridgehead atoms. The Balaban J connectivity index is 2.53. The van der Waals surface area contributed by atoms with Gasteiger partial charge in [0.2, 0.25) is 0 Å². The summed E-state index contributed by atoms with van der Waals surface area (Å²) in [6, 6.07) is 3.65. The minimum atomic E-state index is -0.492. The van der Waals surface area contributed by atoms with Crippen molar-refractivity contribution < 1.29 is 13.9 Å². The van der Waals surface area contributed by atoms with Gasteiger partial charge in [0, 0.05) is 5.69 Å². The maximum absolute atomic E-state index is 12.7. The Kier molecular flexibility index (Phi) is 4.76. The topological polar surface area (TPSA) is 52.3 Å². The third-order valence-electron chi connectivity index (χ3n) is 2.21. The summed E-state index contributed by atoms with van der Waals surface area (Å²) in [5.74, 6) is -0.950. The zero-order valence-electron chi connectivity index (χ0n) is 9.33. The largest absolute Gasteiger partial charge is 0.462 e. The van der Waals surface area contributed by atoms with Crippen LogP contribution >= 0.6 is 0 Å². The molecule has 1 aromatic rings. The van der Waals surface area contributed by atoms with Crippen LogP contribution in [0, 0.1) is 5.82 Å². The van der Waals surface area contributed by atoms with E-state index < -0.39 is 11.8 Å². The molecular weight excluding hydrogens is 209 g/mol. The second-order valence-electron chi connectivity index (χ2n) is 3.57. The molecule has 0 atom stereocenters. The zero-order chi connectivity index (χ0) is 12.0. The van der Waals surface area contributed by atoms with E-state index in [4.69, 9.17) is 10.5 Å². The van der Waals surface area contributed by atoms with E-state index in [2.05, 4.69) is 6.92 Å². The number of carbonyl (C=O) groups is 1.